The lowest BCUT2D eigenvalue weighted by Gasteiger charge is -2.12. The highest BCUT2D eigenvalue weighted by molar-refractivity contribution is 8.15. The van der Waals surface area contributed by atoms with Crippen molar-refractivity contribution in [2.45, 2.75) is 27.2 Å². The quantitative estimate of drug-likeness (QED) is 0.263. The molecule has 0 radical (unpaired) electrons. The summed E-state index contributed by atoms with van der Waals surface area (Å²) in [7, 11) is 1.38. The predicted molar refractivity (Wildman–Crippen MR) is 97.3 cm³/mol. The third-order valence-corrected chi connectivity index (χ3v) is 3.97. The van der Waals surface area contributed by atoms with Crippen molar-refractivity contribution in [1.82, 2.24) is 0 Å². The molecule has 1 aromatic carbocycles. The first-order valence-electron chi connectivity index (χ1n) is 7.46. The monoisotopic (exact) mass is 354 g/mol. The van der Waals surface area contributed by atoms with E-state index in [9.17, 15) is 9.50 Å². The lowest BCUT2D eigenvalue weighted by Crippen LogP contribution is -2.16. The van der Waals surface area contributed by atoms with E-state index in [1.54, 1.807) is 6.07 Å². The van der Waals surface area contributed by atoms with E-state index in [0.717, 1.165) is 5.56 Å². The van der Waals surface area contributed by atoms with Crippen molar-refractivity contribution in [3.8, 4) is 5.75 Å². The Bertz CT molecular complexity index is 657. The number of allylic oxidation sites excluding steroid dienone is 2. The zero-order chi connectivity index (χ0) is 18.1. The van der Waals surface area contributed by atoms with Crippen LogP contribution in [-0.4, -0.2) is 36.0 Å². The van der Waals surface area contributed by atoms with Gasteiger partial charge in [0.1, 0.15) is 10.8 Å². The number of rotatable bonds is 7. The number of hydrogen-bond acceptors (Lipinski definition) is 6. The zero-order valence-corrected chi connectivity index (χ0v) is 15.4. The van der Waals surface area contributed by atoms with Crippen molar-refractivity contribution in [2.75, 3.05) is 20.1 Å². The van der Waals surface area contributed by atoms with Gasteiger partial charge in [-0.05, 0) is 44.2 Å². The van der Waals surface area contributed by atoms with Gasteiger partial charge in [0.15, 0.2) is 18.3 Å². The molecule has 0 bridgehead atoms. The summed E-state index contributed by atoms with van der Waals surface area (Å²) in [5.74, 6) is -1.12. The van der Waals surface area contributed by atoms with Crippen LogP contribution in [0.25, 0.3) is 0 Å². The average molecular weight is 354 g/mol. The van der Waals surface area contributed by atoms with Crippen molar-refractivity contribution in [3.05, 3.63) is 40.8 Å². The van der Waals surface area contributed by atoms with E-state index in [-0.39, 0.29) is 12.3 Å². The molecule has 0 saturated carbocycles. The molecule has 1 N–H and O–H groups in total. The summed E-state index contributed by atoms with van der Waals surface area (Å²) >= 11 is 1.31. The van der Waals surface area contributed by atoms with E-state index in [4.69, 9.17) is 4.89 Å². The number of aryl methyl sites for hydroxylation is 1. The van der Waals surface area contributed by atoms with Gasteiger partial charge < -0.3 is 5.11 Å². The number of aliphatic imine (C=N–C) groups is 2. The number of nitrogens with zero attached hydrogens (tertiary/aromatic N) is 2. The third-order valence-electron chi connectivity index (χ3n) is 3.26. The molecular formula is C17H23FN2O3S. The Morgan fingerprint density at radius 3 is 2.67 bits per heavy atom. The van der Waals surface area contributed by atoms with Crippen LogP contribution in [0.15, 0.2) is 33.9 Å². The summed E-state index contributed by atoms with van der Waals surface area (Å²) in [6.07, 6.45) is 4.29. The molecular weight excluding hydrogens is 331 g/mol. The molecule has 0 amide bonds. The second-order valence-electron chi connectivity index (χ2n) is 4.80. The fraction of sp³-hybridized carbons (Fsp3) is 0.412. The number of hydrogen-bond donors (Lipinski definition) is 1. The SMILES string of the molecule is C/C=C(C)/N=C(\C(=N\COOC)SC)c1cc(CC)cc(O)c1F. The Kier molecular flexibility index (Phi) is 8.67. The van der Waals surface area contributed by atoms with Gasteiger partial charge in [-0.25, -0.2) is 19.2 Å². The average Bonchev–Trinajstić information content (AvgIpc) is 2.59. The van der Waals surface area contributed by atoms with Crippen LogP contribution in [-0.2, 0) is 16.2 Å². The van der Waals surface area contributed by atoms with Crippen LogP contribution in [0.3, 0.4) is 0 Å². The van der Waals surface area contributed by atoms with Gasteiger partial charge >= 0.3 is 0 Å². The second-order valence-corrected chi connectivity index (χ2v) is 5.60. The number of phenols is 1. The minimum absolute atomic E-state index is 0.0400. The van der Waals surface area contributed by atoms with Crippen molar-refractivity contribution < 1.29 is 19.3 Å². The fourth-order valence-corrected chi connectivity index (χ4v) is 2.41. The highest BCUT2D eigenvalue weighted by Crippen LogP contribution is 2.25. The smallest absolute Gasteiger partial charge is 0.174 e. The van der Waals surface area contributed by atoms with Gasteiger partial charge in [0.05, 0.1) is 7.11 Å². The minimum Gasteiger partial charge on any atom is -0.505 e. The largest absolute Gasteiger partial charge is 0.505 e. The van der Waals surface area contributed by atoms with Gasteiger partial charge in [0.25, 0.3) is 0 Å². The molecule has 0 atom stereocenters. The van der Waals surface area contributed by atoms with E-state index in [1.165, 1.54) is 24.9 Å². The van der Waals surface area contributed by atoms with Gasteiger partial charge in [0, 0.05) is 11.3 Å². The Morgan fingerprint density at radius 2 is 2.12 bits per heavy atom. The fourth-order valence-electron chi connectivity index (χ4n) is 1.88. The van der Waals surface area contributed by atoms with Gasteiger partial charge in [-0.15, -0.1) is 11.8 Å². The van der Waals surface area contributed by atoms with Crippen LogP contribution in [0, 0.1) is 5.82 Å². The Labute approximate surface area is 146 Å². The standard InChI is InChI=1S/C17H23FN2O3S/c1-6-11(3)20-16(17(24-5)19-10-23-22-4)13-8-12(7-2)9-14(21)15(13)18/h6,8-9,21H,7,10H2,1-5H3/b11-6+,19-17-,20-16-. The number of thioether (sulfide) groups is 1. The predicted octanol–water partition coefficient (Wildman–Crippen LogP) is 4.10. The molecule has 0 saturated heterocycles. The summed E-state index contributed by atoms with van der Waals surface area (Å²) in [5, 5.41) is 10.4. The van der Waals surface area contributed by atoms with Crippen LogP contribution < -0.4 is 0 Å². The molecule has 7 heteroatoms. The van der Waals surface area contributed by atoms with Crippen LogP contribution in [0.1, 0.15) is 31.9 Å². The first-order valence-corrected chi connectivity index (χ1v) is 8.68. The summed E-state index contributed by atoms with van der Waals surface area (Å²) in [6.45, 7) is 5.55. The molecule has 0 aromatic heterocycles. The number of benzene rings is 1. The normalized spacial score (nSPS) is 13.5. The van der Waals surface area contributed by atoms with E-state index >= 15 is 0 Å². The zero-order valence-electron chi connectivity index (χ0n) is 14.6. The van der Waals surface area contributed by atoms with Gasteiger partial charge in [0.2, 0.25) is 0 Å². The molecule has 5 nitrogen and oxygen atoms in total. The van der Waals surface area contributed by atoms with Crippen LogP contribution >= 0.6 is 11.8 Å². The Balaban J connectivity index is 3.52. The first kappa shape index (κ1) is 20.3. The molecule has 0 aliphatic heterocycles. The summed E-state index contributed by atoms with van der Waals surface area (Å²) < 4.78 is 14.5. The second kappa shape index (κ2) is 10.2. The lowest BCUT2D eigenvalue weighted by molar-refractivity contribution is -0.270. The van der Waals surface area contributed by atoms with E-state index in [0.29, 0.717) is 22.9 Å². The van der Waals surface area contributed by atoms with Crippen LogP contribution in [0.2, 0.25) is 0 Å². The molecule has 0 aliphatic carbocycles. The van der Waals surface area contributed by atoms with Crippen LogP contribution in [0.4, 0.5) is 4.39 Å². The summed E-state index contributed by atoms with van der Waals surface area (Å²) in [4.78, 5) is 18.0. The molecule has 132 valence electrons. The maximum atomic E-state index is 14.5. The van der Waals surface area contributed by atoms with Crippen LogP contribution in [0.5, 0.6) is 5.75 Å². The van der Waals surface area contributed by atoms with Crippen molar-refractivity contribution in [3.63, 3.8) is 0 Å². The number of halogens is 1. The first-order chi connectivity index (χ1) is 11.5. The Hall–Kier alpha value is -1.70. The molecule has 0 heterocycles. The van der Waals surface area contributed by atoms with Gasteiger partial charge in [-0.3, -0.25) is 4.99 Å². The maximum absolute atomic E-state index is 14.5. The topological polar surface area (TPSA) is 63.4 Å². The van der Waals surface area contributed by atoms with Crippen molar-refractivity contribution >= 4 is 22.5 Å². The van der Waals surface area contributed by atoms with Gasteiger partial charge in [-0.2, -0.15) is 0 Å². The minimum atomic E-state index is -0.718. The summed E-state index contributed by atoms with van der Waals surface area (Å²) in [6, 6.07) is 3.10. The molecule has 1 rings (SSSR count). The van der Waals surface area contributed by atoms with E-state index in [2.05, 4.69) is 14.9 Å². The van der Waals surface area contributed by atoms with E-state index < -0.39 is 11.6 Å². The molecule has 24 heavy (non-hydrogen) atoms. The molecule has 0 fully saturated rings. The summed E-state index contributed by atoms with van der Waals surface area (Å²) in [5.41, 5.74) is 2.07. The highest BCUT2D eigenvalue weighted by atomic mass is 32.2. The van der Waals surface area contributed by atoms with E-state index in [1.807, 2.05) is 33.1 Å². The molecule has 0 spiro atoms. The maximum Gasteiger partial charge on any atom is 0.174 e. The third kappa shape index (κ3) is 5.43. The molecule has 0 unspecified atom stereocenters. The molecule has 0 aliphatic rings. The van der Waals surface area contributed by atoms with Gasteiger partial charge in [-0.1, -0.05) is 13.0 Å². The van der Waals surface area contributed by atoms with Crippen molar-refractivity contribution in [1.29, 1.82) is 0 Å². The highest BCUT2D eigenvalue weighted by Gasteiger charge is 2.19. The number of aromatic hydroxyl groups is 1. The van der Waals surface area contributed by atoms with Crippen molar-refractivity contribution in [2.24, 2.45) is 9.98 Å². The molecule has 1 aromatic rings. The lowest BCUT2D eigenvalue weighted by atomic mass is 10.0. The number of phenolic OH excluding ortho intramolecular Hbond substituents is 1. The Morgan fingerprint density at radius 1 is 1.42 bits per heavy atom.